The zero-order chi connectivity index (χ0) is 20.1. The summed E-state index contributed by atoms with van der Waals surface area (Å²) in [5, 5.41) is 24.7. The Morgan fingerprint density at radius 1 is 1.07 bits per heavy atom. The highest BCUT2D eigenvalue weighted by Crippen LogP contribution is 2.30. The van der Waals surface area contributed by atoms with Gasteiger partial charge in [0.2, 0.25) is 0 Å². The maximum atomic E-state index is 14.3. The Kier molecular flexibility index (Phi) is 5.40. The van der Waals surface area contributed by atoms with Crippen LogP contribution in [0.3, 0.4) is 0 Å². The third-order valence-electron chi connectivity index (χ3n) is 3.73. The molecule has 0 radical (unpaired) electrons. The molecule has 1 N–H and O–H groups in total. The van der Waals surface area contributed by atoms with Crippen LogP contribution in [0.2, 0.25) is 0 Å². The molecule has 0 unspecified atom stereocenters. The van der Waals surface area contributed by atoms with Crippen molar-refractivity contribution in [3.63, 3.8) is 0 Å². The number of non-ortho nitro benzene ring substituents is 1. The highest BCUT2D eigenvalue weighted by molar-refractivity contribution is 5.65. The van der Waals surface area contributed by atoms with Crippen LogP contribution in [0.15, 0.2) is 60.9 Å². The highest BCUT2D eigenvalue weighted by Gasteiger charge is 2.19. The van der Waals surface area contributed by atoms with Crippen molar-refractivity contribution in [3.8, 4) is 11.5 Å². The molecular formula is C18H13FN4O5. The molecule has 0 saturated carbocycles. The van der Waals surface area contributed by atoms with Gasteiger partial charge in [-0.2, -0.15) is 0 Å². The lowest BCUT2D eigenvalue weighted by Crippen LogP contribution is -2.04. The van der Waals surface area contributed by atoms with E-state index in [-0.39, 0.29) is 23.7 Å². The number of nitrogens with zero attached hydrogens (tertiary/aromatic N) is 3. The van der Waals surface area contributed by atoms with Gasteiger partial charge >= 0.3 is 0 Å². The molecule has 0 fully saturated rings. The summed E-state index contributed by atoms with van der Waals surface area (Å²) in [5.41, 5.74) is -0.234. The zero-order valence-electron chi connectivity index (χ0n) is 14.2. The molecule has 3 aromatic rings. The minimum Gasteiger partial charge on any atom is -0.453 e. The molecular weight excluding hydrogens is 371 g/mol. The molecule has 1 aromatic heterocycles. The van der Waals surface area contributed by atoms with Crippen LogP contribution in [-0.4, -0.2) is 14.8 Å². The van der Waals surface area contributed by atoms with Crippen LogP contribution in [0.25, 0.3) is 0 Å². The molecule has 0 spiro atoms. The Hall–Kier alpha value is -4.08. The topological polar surface area (TPSA) is 120 Å². The second kappa shape index (κ2) is 8.08. The third kappa shape index (κ3) is 4.36. The number of hydrogen-bond acceptors (Lipinski definition) is 7. The average Bonchev–Trinajstić information content (AvgIpc) is 2.68. The molecule has 0 aliphatic heterocycles. The van der Waals surface area contributed by atoms with Crippen molar-refractivity contribution >= 4 is 17.1 Å². The van der Waals surface area contributed by atoms with Gasteiger partial charge in [-0.1, -0.05) is 6.07 Å². The molecule has 1 heterocycles. The van der Waals surface area contributed by atoms with Gasteiger partial charge < -0.3 is 10.1 Å². The number of nitro groups is 2. The van der Waals surface area contributed by atoms with E-state index in [9.17, 15) is 24.6 Å². The highest BCUT2D eigenvalue weighted by atomic mass is 19.1. The first-order valence-corrected chi connectivity index (χ1v) is 7.97. The molecule has 142 valence electrons. The second-order valence-corrected chi connectivity index (χ2v) is 5.62. The van der Waals surface area contributed by atoms with Crippen LogP contribution in [-0.2, 0) is 6.54 Å². The lowest BCUT2D eigenvalue weighted by molar-refractivity contribution is -0.393. The van der Waals surface area contributed by atoms with E-state index in [1.165, 1.54) is 24.4 Å². The van der Waals surface area contributed by atoms with Crippen molar-refractivity contribution in [2.75, 3.05) is 5.32 Å². The summed E-state index contributed by atoms with van der Waals surface area (Å²) >= 11 is 0. The molecule has 10 heteroatoms. The van der Waals surface area contributed by atoms with Gasteiger partial charge in [-0.25, -0.2) is 4.39 Å². The maximum absolute atomic E-state index is 14.3. The third-order valence-corrected chi connectivity index (χ3v) is 3.73. The zero-order valence-corrected chi connectivity index (χ0v) is 14.2. The minimum atomic E-state index is -0.721. The van der Waals surface area contributed by atoms with Crippen molar-refractivity contribution in [3.05, 3.63) is 92.5 Å². The molecule has 3 rings (SSSR count). The van der Waals surface area contributed by atoms with E-state index in [1.54, 1.807) is 24.4 Å². The van der Waals surface area contributed by atoms with Gasteiger partial charge in [-0.05, 0) is 35.9 Å². The summed E-state index contributed by atoms with van der Waals surface area (Å²) < 4.78 is 19.7. The SMILES string of the molecule is O=[N+]([O-])c1ccc(NCc2ccc(Oc3cccnc3)c(F)c2)c([N+](=O)[O-])c1. The van der Waals surface area contributed by atoms with E-state index in [0.29, 0.717) is 11.3 Å². The fraction of sp³-hybridized carbons (Fsp3) is 0.0556. The van der Waals surface area contributed by atoms with Gasteiger partial charge in [0, 0.05) is 18.8 Å². The number of ether oxygens (including phenoxy) is 1. The Morgan fingerprint density at radius 2 is 1.89 bits per heavy atom. The average molecular weight is 384 g/mol. The van der Waals surface area contributed by atoms with Crippen LogP contribution < -0.4 is 10.1 Å². The first-order valence-electron chi connectivity index (χ1n) is 7.97. The largest absolute Gasteiger partial charge is 0.453 e. The number of benzene rings is 2. The maximum Gasteiger partial charge on any atom is 0.299 e. The monoisotopic (exact) mass is 384 g/mol. The van der Waals surface area contributed by atoms with Crippen LogP contribution in [0.1, 0.15) is 5.56 Å². The van der Waals surface area contributed by atoms with Crippen LogP contribution in [0, 0.1) is 26.0 Å². The number of nitrogens with one attached hydrogen (secondary N) is 1. The predicted octanol–water partition coefficient (Wildman–Crippen LogP) is 4.44. The van der Waals surface area contributed by atoms with Crippen molar-refractivity contribution < 1.29 is 19.0 Å². The number of hydrogen-bond donors (Lipinski definition) is 1. The summed E-state index contributed by atoms with van der Waals surface area (Å²) in [4.78, 5) is 24.4. The fourth-order valence-corrected chi connectivity index (χ4v) is 2.40. The summed E-state index contributed by atoms with van der Waals surface area (Å²) in [7, 11) is 0. The number of nitro benzene ring substituents is 2. The summed E-state index contributed by atoms with van der Waals surface area (Å²) in [6, 6.07) is 10.8. The number of aromatic nitrogens is 1. The van der Waals surface area contributed by atoms with E-state index in [2.05, 4.69) is 10.3 Å². The van der Waals surface area contributed by atoms with Gasteiger partial charge in [0.1, 0.15) is 11.4 Å². The van der Waals surface area contributed by atoms with E-state index in [0.717, 1.165) is 12.1 Å². The number of pyridine rings is 1. The molecule has 28 heavy (non-hydrogen) atoms. The number of halogens is 1. The number of anilines is 1. The number of rotatable bonds is 7. The summed E-state index contributed by atoms with van der Waals surface area (Å²) in [6.07, 6.45) is 3.01. The molecule has 9 nitrogen and oxygen atoms in total. The first-order chi connectivity index (χ1) is 13.4. The molecule has 0 aliphatic carbocycles. The van der Waals surface area contributed by atoms with Crippen molar-refractivity contribution in [2.24, 2.45) is 0 Å². The van der Waals surface area contributed by atoms with E-state index in [1.807, 2.05) is 0 Å². The smallest absolute Gasteiger partial charge is 0.299 e. The molecule has 0 aliphatic rings. The van der Waals surface area contributed by atoms with Gasteiger partial charge in [0.05, 0.1) is 22.1 Å². The molecule has 0 amide bonds. The lowest BCUT2D eigenvalue weighted by Gasteiger charge is -2.10. The van der Waals surface area contributed by atoms with Gasteiger partial charge in [0.25, 0.3) is 11.4 Å². The van der Waals surface area contributed by atoms with E-state index >= 15 is 0 Å². The molecule has 0 atom stereocenters. The van der Waals surface area contributed by atoms with Crippen LogP contribution in [0.5, 0.6) is 11.5 Å². The normalized spacial score (nSPS) is 10.3. The lowest BCUT2D eigenvalue weighted by atomic mass is 10.2. The Bertz CT molecular complexity index is 1030. The van der Waals surface area contributed by atoms with Crippen molar-refractivity contribution in [2.45, 2.75) is 6.54 Å². The molecule has 0 saturated heterocycles. The molecule has 2 aromatic carbocycles. The summed E-state index contributed by atoms with van der Waals surface area (Å²) in [5.74, 6) is -0.215. The van der Waals surface area contributed by atoms with Crippen molar-refractivity contribution in [1.82, 2.24) is 4.98 Å². The summed E-state index contributed by atoms with van der Waals surface area (Å²) in [6.45, 7) is 0.0722. The van der Waals surface area contributed by atoms with Crippen LogP contribution >= 0.6 is 0 Å². The van der Waals surface area contributed by atoms with E-state index in [4.69, 9.17) is 4.74 Å². The van der Waals surface area contributed by atoms with Gasteiger partial charge in [0.15, 0.2) is 11.6 Å². The fourth-order valence-electron chi connectivity index (χ4n) is 2.40. The van der Waals surface area contributed by atoms with E-state index < -0.39 is 21.4 Å². The van der Waals surface area contributed by atoms with Gasteiger partial charge in [-0.15, -0.1) is 0 Å². The quantitative estimate of drug-likeness (QED) is 0.472. The Morgan fingerprint density at radius 3 is 2.54 bits per heavy atom. The first kappa shape index (κ1) is 18.7. The Balaban J connectivity index is 1.74. The Labute approximate surface area is 157 Å². The predicted molar refractivity (Wildman–Crippen MR) is 97.8 cm³/mol. The second-order valence-electron chi connectivity index (χ2n) is 5.62. The standard InChI is InChI=1S/C18H13FN4O5/c19-15-8-12(3-6-18(15)28-14-2-1-7-20-11-14)10-21-16-5-4-13(22(24)25)9-17(16)23(26)27/h1-9,11,21H,10H2. The minimum absolute atomic E-state index is 0.0121. The van der Waals surface area contributed by atoms with Crippen LogP contribution in [0.4, 0.5) is 21.5 Å². The van der Waals surface area contributed by atoms with Gasteiger partial charge in [-0.3, -0.25) is 25.2 Å². The molecule has 0 bridgehead atoms. The van der Waals surface area contributed by atoms with Crippen molar-refractivity contribution in [1.29, 1.82) is 0 Å².